The van der Waals surface area contributed by atoms with Crippen LogP contribution in [0.2, 0.25) is 0 Å². The van der Waals surface area contributed by atoms with Crippen LogP contribution in [0.15, 0.2) is 11.6 Å². The molecule has 0 bridgehead atoms. The Kier molecular flexibility index (Phi) is 12.6. The highest BCUT2D eigenvalue weighted by Gasteiger charge is 2.30. The number of ether oxygens (including phenoxy) is 3. The van der Waals surface area contributed by atoms with E-state index < -0.39 is 12.3 Å². The van der Waals surface area contributed by atoms with E-state index in [4.69, 9.17) is 14.2 Å². The number of esters is 1. The third-order valence-corrected chi connectivity index (χ3v) is 4.60. The first-order valence-corrected chi connectivity index (χ1v) is 9.89. The molecule has 2 atom stereocenters. The van der Waals surface area contributed by atoms with Crippen molar-refractivity contribution < 1.29 is 24.1 Å². The number of cyclic esters (lactones) is 1. The summed E-state index contributed by atoms with van der Waals surface area (Å²) in [5, 5.41) is 9.83. The van der Waals surface area contributed by atoms with Crippen LogP contribution in [0.25, 0.3) is 0 Å². The summed E-state index contributed by atoms with van der Waals surface area (Å²) in [6.45, 7) is 3.18. The minimum absolute atomic E-state index is 0.273. The summed E-state index contributed by atoms with van der Waals surface area (Å²) in [7, 11) is 1.62. The van der Waals surface area contributed by atoms with Gasteiger partial charge in [-0.05, 0) is 6.42 Å². The van der Waals surface area contributed by atoms with Crippen molar-refractivity contribution in [2.24, 2.45) is 0 Å². The molecule has 5 heteroatoms. The quantitative estimate of drug-likeness (QED) is 0.333. The summed E-state index contributed by atoms with van der Waals surface area (Å²) in [6, 6.07) is 0. The summed E-state index contributed by atoms with van der Waals surface area (Å²) in [6.07, 6.45) is 13.5. The highest BCUT2D eigenvalue weighted by Crippen LogP contribution is 2.24. The summed E-state index contributed by atoms with van der Waals surface area (Å²) < 4.78 is 15.6. The van der Waals surface area contributed by atoms with Gasteiger partial charge < -0.3 is 19.3 Å². The van der Waals surface area contributed by atoms with Crippen LogP contribution in [0.4, 0.5) is 0 Å². The van der Waals surface area contributed by atoms with Gasteiger partial charge in [0.05, 0.1) is 19.3 Å². The van der Waals surface area contributed by atoms with Crippen LogP contribution in [0.5, 0.6) is 0 Å². The predicted octanol–water partition coefficient (Wildman–Crippen LogP) is 4.13. The van der Waals surface area contributed by atoms with E-state index in [1.165, 1.54) is 57.4 Å². The largest absolute Gasteiger partial charge is 0.429 e. The number of unbranched alkanes of at least 4 members (excludes halogenated alkanes) is 9. The fraction of sp³-hybridized carbons (Fsp3) is 0.850. The molecule has 1 N–H and O–H groups in total. The topological polar surface area (TPSA) is 65.0 Å². The zero-order valence-corrected chi connectivity index (χ0v) is 16.0. The lowest BCUT2D eigenvalue weighted by Crippen LogP contribution is -2.25. The lowest BCUT2D eigenvalue weighted by atomic mass is 10.0. The molecule has 0 aromatic heterocycles. The Labute approximate surface area is 152 Å². The van der Waals surface area contributed by atoms with Crippen molar-refractivity contribution in [3.63, 3.8) is 0 Å². The first-order chi connectivity index (χ1) is 12.2. The lowest BCUT2D eigenvalue weighted by Gasteiger charge is -2.20. The standard InChI is InChI=1S/C20H36O5/c1-3-4-5-6-7-8-9-10-11-12-13-18(24-15-14-23-2)17-16-19(21)25-20(17)22/h16,18,20,22H,3-15H2,1-2H3. The normalized spacial score (nSPS) is 18.3. The Balaban J connectivity index is 2.18. The number of carbonyl (C=O) groups excluding carboxylic acids is 1. The van der Waals surface area contributed by atoms with Gasteiger partial charge in [0.2, 0.25) is 6.29 Å². The number of hydrogen-bond donors (Lipinski definition) is 1. The Morgan fingerprint density at radius 1 is 1.04 bits per heavy atom. The molecular formula is C20H36O5. The summed E-state index contributed by atoms with van der Waals surface area (Å²) >= 11 is 0. The van der Waals surface area contributed by atoms with Gasteiger partial charge >= 0.3 is 5.97 Å². The highest BCUT2D eigenvalue weighted by molar-refractivity contribution is 5.85. The zero-order chi connectivity index (χ0) is 18.3. The van der Waals surface area contributed by atoms with Gasteiger partial charge in [-0.2, -0.15) is 0 Å². The van der Waals surface area contributed by atoms with E-state index in [9.17, 15) is 9.90 Å². The smallest absolute Gasteiger partial charge is 0.333 e. The predicted molar refractivity (Wildman–Crippen MR) is 98.3 cm³/mol. The zero-order valence-electron chi connectivity index (χ0n) is 16.0. The summed E-state index contributed by atoms with van der Waals surface area (Å²) in [5.74, 6) is -0.495. The van der Waals surface area contributed by atoms with Crippen LogP contribution in [-0.2, 0) is 19.0 Å². The second-order valence-electron chi connectivity index (χ2n) is 6.76. The van der Waals surface area contributed by atoms with Crippen LogP contribution in [-0.4, -0.2) is 43.8 Å². The highest BCUT2D eigenvalue weighted by atomic mass is 16.6. The molecule has 0 fully saturated rings. The Hall–Kier alpha value is -0.910. The molecule has 2 unspecified atom stereocenters. The van der Waals surface area contributed by atoms with E-state index in [1.807, 2.05) is 0 Å². The maximum Gasteiger partial charge on any atom is 0.333 e. The Morgan fingerprint density at radius 3 is 2.16 bits per heavy atom. The fourth-order valence-corrected chi connectivity index (χ4v) is 3.11. The van der Waals surface area contributed by atoms with E-state index in [-0.39, 0.29) is 6.10 Å². The number of aliphatic hydroxyl groups is 1. The molecule has 146 valence electrons. The number of hydrogen-bond acceptors (Lipinski definition) is 5. The van der Waals surface area contributed by atoms with Crippen molar-refractivity contribution in [3.8, 4) is 0 Å². The second kappa shape index (κ2) is 14.3. The molecule has 0 aliphatic carbocycles. The van der Waals surface area contributed by atoms with Crippen molar-refractivity contribution in [3.05, 3.63) is 11.6 Å². The number of rotatable bonds is 16. The minimum Gasteiger partial charge on any atom is -0.429 e. The first-order valence-electron chi connectivity index (χ1n) is 9.89. The molecule has 0 aromatic carbocycles. The summed E-state index contributed by atoms with van der Waals surface area (Å²) in [4.78, 5) is 11.3. The van der Waals surface area contributed by atoms with Crippen molar-refractivity contribution in [1.29, 1.82) is 0 Å². The lowest BCUT2D eigenvalue weighted by molar-refractivity contribution is -0.152. The Bertz CT molecular complexity index is 380. The third kappa shape index (κ3) is 9.97. The molecule has 1 aliphatic heterocycles. The number of aliphatic hydroxyl groups excluding tert-OH is 1. The van der Waals surface area contributed by atoms with Gasteiger partial charge in [-0.3, -0.25) is 0 Å². The van der Waals surface area contributed by atoms with Crippen LogP contribution in [0.1, 0.15) is 77.6 Å². The third-order valence-electron chi connectivity index (χ3n) is 4.60. The van der Waals surface area contributed by atoms with E-state index in [1.54, 1.807) is 7.11 Å². The molecule has 0 radical (unpaired) electrons. The fourth-order valence-electron chi connectivity index (χ4n) is 3.11. The molecule has 1 heterocycles. The maximum atomic E-state index is 11.3. The summed E-state index contributed by atoms with van der Waals surface area (Å²) in [5.41, 5.74) is 0.539. The van der Waals surface area contributed by atoms with Gasteiger partial charge in [-0.1, -0.05) is 71.1 Å². The van der Waals surface area contributed by atoms with Crippen LogP contribution in [0.3, 0.4) is 0 Å². The molecule has 0 saturated carbocycles. The van der Waals surface area contributed by atoms with Crippen LogP contribution < -0.4 is 0 Å². The molecule has 1 rings (SSSR count). The van der Waals surface area contributed by atoms with Crippen molar-refractivity contribution in [1.82, 2.24) is 0 Å². The van der Waals surface area contributed by atoms with Gasteiger partial charge in [-0.15, -0.1) is 0 Å². The number of methoxy groups -OCH3 is 1. The van der Waals surface area contributed by atoms with Gasteiger partial charge in [0.1, 0.15) is 0 Å². The van der Waals surface area contributed by atoms with E-state index in [0.717, 1.165) is 19.3 Å². The molecule has 5 nitrogen and oxygen atoms in total. The molecule has 0 spiro atoms. The van der Waals surface area contributed by atoms with Crippen molar-refractivity contribution >= 4 is 5.97 Å². The Morgan fingerprint density at radius 2 is 1.64 bits per heavy atom. The monoisotopic (exact) mass is 356 g/mol. The number of carbonyl (C=O) groups is 1. The van der Waals surface area contributed by atoms with E-state index in [2.05, 4.69) is 6.92 Å². The average Bonchev–Trinajstić information content (AvgIpc) is 2.93. The average molecular weight is 357 g/mol. The van der Waals surface area contributed by atoms with Gasteiger partial charge in [0, 0.05) is 18.8 Å². The second-order valence-corrected chi connectivity index (χ2v) is 6.76. The molecule has 0 aromatic rings. The molecule has 25 heavy (non-hydrogen) atoms. The van der Waals surface area contributed by atoms with Crippen molar-refractivity contribution in [2.75, 3.05) is 20.3 Å². The van der Waals surface area contributed by atoms with Crippen LogP contribution in [0, 0.1) is 0 Å². The van der Waals surface area contributed by atoms with E-state index >= 15 is 0 Å². The van der Waals surface area contributed by atoms with E-state index in [0.29, 0.717) is 18.8 Å². The van der Waals surface area contributed by atoms with Crippen LogP contribution >= 0.6 is 0 Å². The van der Waals surface area contributed by atoms with Gasteiger partial charge in [-0.25, -0.2) is 4.79 Å². The van der Waals surface area contributed by atoms with Gasteiger partial charge in [0.15, 0.2) is 0 Å². The minimum atomic E-state index is -1.16. The first kappa shape index (κ1) is 22.1. The molecule has 0 saturated heterocycles. The molecule has 0 amide bonds. The van der Waals surface area contributed by atoms with Crippen molar-refractivity contribution in [2.45, 2.75) is 89.9 Å². The molecule has 1 aliphatic rings. The van der Waals surface area contributed by atoms with Gasteiger partial charge in [0.25, 0.3) is 0 Å². The molecular weight excluding hydrogens is 320 g/mol. The SMILES string of the molecule is CCCCCCCCCCCCC(OCCOC)C1=CC(=O)OC1O. The maximum absolute atomic E-state index is 11.3.